The number of esters is 2. The number of anilines is 2. The standard InChI is InChI=1S/C18H21ClN2O5/c1-17(2,3)16(24)21-13-7-6-10(8-12(13)19)20-9-11-14(22)25-18(4,5)26-15(11)23/h6-9,20H,1-5H3,(H,21,24). The minimum atomic E-state index is -1.29. The number of nitrogens with one attached hydrogen (secondary N) is 2. The van der Waals surface area contributed by atoms with Gasteiger partial charge in [0.25, 0.3) is 5.79 Å². The fourth-order valence-electron chi connectivity index (χ4n) is 1.95. The number of hydrogen-bond acceptors (Lipinski definition) is 6. The van der Waals surface area contributed by atoms with Crippen LogP contribution in [0.2, 0.25) is 5.02 Å². The summed E-state index contributed by atoms with van der Waals surface area (Å²) in [6.45, 7) is 8.32. The maximum Gasteiger partial charge on any atom is 0.350 e. The molecule has 0 aliphatic carbocycles. The lowest BCUT2D eigenvalue weighted by Crippen LogP contribution is -2.42. The first-order chi connectivity index (χ1) is 11.9. The molecule has 8 heteroatoms. The average Bonchev–Trinajstić information content (AvgIpc) is 2.46. The zero-order chi connectivity index (χ0) is 19.7. The summed E-state index contributed by atoms with van der Waals surface area (Å²) >= 11 is 6.18. The quantitative estimate of drug-likeness (QED) is 0.474. The summed E-state index contributed by atoms with van der Waals surface area (Å²) in [5, 5.41) is 5.84. The van der Waals surface area contributed by atoms with Gasteiger partial charge in [-0.15, -0.1) is 0 Å². The monoisotopic (exact) mass is 380 g/mol. The van der Waals surface area contributed by atoms with Gasteiger partial charge >= 0.3 is 11.9 Å². The molecular weight excluding hydrogens is 360 g/mol. The van der Waals surface area contributed by atoms with Gasteiger partial charge in [0.2, 0.25) is 5.91 Å². The van der Waals surface area contributed by atoms with E-state index in [1.807, 2.05) is 0 Å². The molecule has 0 unspecified atom stereocenters. The Morgan fingerprint density at radius 2 is 1.73 bits per heavy atom. The van der Waals surface area contributed by atoms with E-state index < -0.39 is 23.1 Å². The molecule has 0 radical (unpaired) electrons. The number of ether oxygens (including phenoxy) is 2. The van der Waals surface area contributed by atoms with E-state index in [1.54, 1.807) is 39.0 Å². The number of halogens is 1. The Bertz CT molecular complexity index is 771. The zero-order valence-electron chi connectivity index (χ0n) is 15.2. The van der Waals surface area contributed by atoms with Crippen LogP contribution in [-0.2, 0) is 23.9 Å². The van der Waals surface area contributed by atoms with E-state index in [2.05, 4.69) is 10.6 Å². The first-order valence-electron chi connectivity index (χ1n) is 7.93. The van der Waals surface area contributed by atoms with Crippen LogP contribution >= 0.6 is 11.6 Å². The minimum Gasteiger partial charge on any atom is -0.419 e. The van der Waals surface area contributed by atoms with E-state index >= 15 is 0 Å². The van der Waals surface area contributed by atoms with Crippen molar-refractivity contribution in [3.05, 3.63) is 35.0 Å². The molecule has 1 amide bonds. The first kappa shape index (κ1) is 19.8. The second-order valence-electron chi connectivity index (χ2n) is 7.28. The summed E-state index contributed by atoms with van der Waals surface area (Å²) < 4.78 is 10.00. The topological polar surface area (TPSA) is 93.7 Å². The molecule has 0 atom stereocenters. The Kier molecular flexibility index (Phi) is 5.32. The highest BCUT2D eigenvalue weighted by atomic mass is 35.5. The number of carbonyl (C=O) groups excluding carboxylic acids is 3. The van der Waals surface area contributed by atoms with Crippen molar-refractivity contribution in [3.8, 4) is 0 Å². The number of cyclic esters (lactones) is 2. The van der Waals surface area contributed by atoms with Crippen LogP contribution in [0.15, 0.2) is 30.0 Å². The van der Waals surface area contributed by atoms with Crippen LogP contribution in [0.25, 0.3) is 0 Å². The van der Waals surface area contributed by atoms with Crippen LogP contribution in [0, 0.1) is 5.41 Å². The molecule has 0 bridgehead atoms. The van der Waals surface area contributed by atoms with Gasteiger partial charge in [-0.3, -0.25) is 4.79 Å². The van der Waals surface area contributed by atoms with Crippen molar-refractivity contribution in [2.24, 2.45) is 5.41 Å². The number of hydrogen-bond donors (Lipinski definition) is 2. The highest BCUT2D eigenvalue weighted by Crippen LogP contribution is 2.28. The van der Waals surface area contributed by atoms with Crippen LogP contribution in [0.4, 0.5) is 11.4 Å². The summed E-state index contributed by atoms with van der Waals surface area (Å²) in [4.78, 5) is 35.8. The van der Waals surface area contributed by atoms with Crippen LogP contribution in [0.1, 0.15) is 34.6 Å². The molecule has 1 aliphatic rings. The highest BCUT2D eigenvalue weighted by Gasteiger charge is 2.38. The van der Waals surface area contributed by atoms with E-state index in [0.29, 0.717) is 16.4 Å². The average molecular weight is 381 g/mol. The van der Waals surface area contributed by atoms with Gasteiger partial charge < -0.3 is 20.1 Å². The Labute approximate surface area is 156 Å². The summed E-state index contributed by atoms with van der Waals surface area (Å²) in [5.41, 5.74) is 0.162. The van der Waals surface area contributed by atoms with Crippen LogP contribution in [-0.4, -0.2) is 23.6 Å². The fraction of sp³-hybridized carbons (Fsp3) is 0.389. The Morgan fingerprint density at radius 3 is 2.23 bits per heavy atom. The third-order valence-electron chi connectivity index (χ3n) is 3.40. The molecule has 2 rings (SSSR count). The molecule has 0 spiro atoms. The van der Waals surface area contributed by atoms with Gasteiger partial charge in [0.05, 0.1) is 10.7 Å². The van der Waals surface area contributed by atoms with Crippen molar-refractivity contribution in [1.29, 1.82) is 0 Å². The second kappa shape index (κ2) is 6.99. The van der Waals surface area contributed by atoms with Crippen LogP contribution < -0.4 is 10.6 Å². The lowest BCUT2D eigenvalue weighted by molar-refractivity contribution is -0.222. The summed E-state index contributed by atoms with van der Waals surface area (Å²) in [5.74, 6) is -3.02. The molecule has 1 heterocycles. The lowest BCUT2D eigenvalue weighted by atomic mass is 9.95. The molecule has 1 fully saturated rings. The predicted molar refractivity (Wildman–Crippen MR) is 97.5 cm³/mol. The van der Waals surface area contributed by atoms with Gasteiger partial charge in [-0.2, -0.15) is 0 Å². The number of carbonyl (C=O) groups is 3. The maximum atomic E-state index is 12.0. The van der Waals surface area contributed by atoms with E-state index in [4.69, 9.17) is 21.1 Å². The van der Waals surface area contributed by atoms with E-state index in [9.17, 15) is 14.4 Å². The van der Waals surface area contributed by atoms with E-state index in [0.717, 1.165) is 0 Å². The van der Waals surface area contributed by atoms with Gasteiger partial charge in [0, 0.05) is 31.1 Å². The van der Waals surface area contributed by atoms with Crippen molar-refractivity contribution in [3.63, 3.8) is 0 Å². The van der Waals surface area contributed by atoms with Crippen molar-refractivity contribution >= 4 is 40.8 Å². The highest BCUT2D eigenvalue weighted by molar-refractivity contribution is 6.34. The summed E-state index contributed by atoms with van der Waals surface area (Å²) in [6, 6.07) is 4.82. The molecule has 140 valence electrons. The molecule has 1 aromatic carbocycles. The molecular formula is C18H21ClN2O5. The van der Waals surface area contributed by atoms with Gasteiger partial charge in [-0.1, -0.05) is 32.4 Å². The van der Waals surface area contributed by atoms with Gasteiger partial charge in [-0.25, -0.2) is 9.59 Å². The summed E-state index contributed by atoms with van der Waals surface area (Å²) in [7, 11) is 0. The number of rotatable bonds is 3. The SMILES string of the molecule is CC1(C)OC(=O)C(=CNc2ccc(NC(=O)C(C)(C)C)c(Cl)c2)C(=O)O1. The molecule has 2 N–H and O–H groups in total. The smallest absolute Gasteiger partial charge is 0.350 e. The van der Waals surface area contributed by atoms with Crippen molar-refractivity contribution in [2.75, 3.05) is 10.6 Å². The van der Waals surface area contributed by atoms with Gasteiger partial charge in [0.15, 0.2) is 5.57 Å². The largest absolute Gasteiger partial charge is 0.419 e. The van der Waals surface area contributed by atoms with Gasteiger partial charge in [0.1, 0.15) is 0 Å². The molecule has 0 aromatic heterocycles. The molecule has 0 saturated carbocycles. The van der Waals surface area contributed by atoms with E-state index in [1.165, 1.54) is 20.0 Å². The van der Waals surface area contributed by atoms with Gasteiger partial charge in [-0.05, 0) is 18.2 Å². The lowest BCUT2D eigenvalue weighted by Gasteiger charge is -2.29. The van der Waals surface area contributed by atoms with Crippen LogP contribution in [0.3, 0.4) is 0 Å². The Hall–Kier alpha value is -2.54. The van der Waals surface area contributed by atoms with Crippen molar-refractivity contribution < 1.29 is 23.9 Å². The van der Waals surface area contributed by atoms with Crippen molar-refractivity contribution in [1.82, 2.24) is 0 Å². The molecule has 1 aliphatic heterocycles. The Balaban J connectivity index is 2.12. The molecule has 1 aromatic rings. The first-order valence-corrected chi connectivity index (χ1v) is 8.31. The normalized spacial score (nSPS) is 16.5. The predicted octanol–water partition coefficient (Wildman–Crippen LogP) is 3.46. The second-order valence-corrected chi connectivity index (χ2v) is 7.69. The number of amides is 1. The molecule has 1 saturated heterocycles. The Morgan fingerprint density at radius 1 is 1.15 bits per heavy atom. The maximum absolute atomic E-state index is 12.0. The van der Waals surface area contributed by atoms with Crippen molar-refractivity contribution in [2.45, 2.75) is 40.4 Å². The number of benzene rings is 1. The molecule has 7 nitrogen and oxygen atoms in total. The minimum absolute atomic E-state index is 0.169. The fourth-order valence-corrected chi connectivity index (χ4v) is 2.18. The molecule has 26 heavy (non-hydrogen) atoms. The van der Waals surface area contributed by atoms with Crippen LogP contribution in [0.5, 0.6) is 0 Å². The third kappa shape index (κ3) is 4.76. The third-order valence-corrected chi connectivity index (χ3v) is 3.71. The zero-order valence-corrected chi connectivity index (χ0v) is 16.0. The summed E-state index contributed by atoms with van der Waals surface area (Å²) in [6.07, 6.45) is 1.19. The van der Waals surface area contributed by atoms with E-state index in [-0.39, 0.29) is 11.5 Å².